The highest BCUT2D eigenvalue weighted by Gasteiger charge is 2.11. The second-order valence-electron chi connectivity index (χ2n) is 3.75. The highest BCUT2D eigenvalue weighted by atomic mass is 32.2. The van der Waals surface area contributed by atoms with Gasteiger partial charge < -0.3 is 5.11 Å². The molecule has 1 N–H and O–H groups in total. The Morgan fingerprint density at radius 1 is 1.47 bits per heavy atom. The van der Waals surface area contributed by atoms with E-state index in [1.165, 1.54) is 6.07 Å². The highest BCUT2D eigenvalue weighted by Crippen LogP contribution is 2.26. The standard InChI is InChI=1S/C11H15NO2S/c1-7(2)8(3)15-10-6-9(11(13)14)4-5-12-10/h4-8H,1-3H3,(H,13,14). The number of thioether (sulfide) groups is 1. The molecule has 0 saturated heterocycles. The third-order valence-electron chi connectivity index (χ3n) is 2.23. The normalized spacial score (nSPS) is 12.8. The fraction of sp³-hybridized carbons (Fsp3) is 0.455. The smallest absolute Gasteiger partial charge is 0.335 e. The Hall–Kier alpha value is -1.03. The molecular formula is C11H15NO2S. The molecule has 0 radical (unpaired) electrons. The molecule has 0 aliphatic heterocycles. The van der Waals surface area contributed by atoms with Gasteiger partial charge in [0.2, 0.25) is 0 Å². The Labute approximate surface area is 93.9 Å². The third kappa shape index (κ3) is 3.55. The van der Waals surface area contributed by atoms with E-state index in [4.69, 9.17) is 5.11 Å². The van der Waals surface area contributed by atoms with Crippen molar-refractivity contribution in [1.82, 2.24) is 4.98 Å². The van der Waals surface area contributed by atoms with Gasteiger partial charge in [-0.25, -0.2) is 9.78 Å². The van der Waals surface area contributed by atoms with Crippen LogP contribution in [0.4, 0.5) is 0 Å². The molecule has 0 fully saturated rings. The van der Waals surface area contributed by atoms with Crippen molar-refractivity contribution in [3.63, 3.8) is 0 Å². The van der Waals surface area contributed by atoms with Crippen LogP contribution in [0.2, 0.25) is 0 Å². The number of pyridine rings is 1. The number of aromatic nitrogens is 1. The summed E-state index contributed by atoms with van der Waals surface area (Å²) in [5.41, 5.74) is 0.295. The minimum atomic E-state index is -0.906. The van der Waals surface area contributed by atoms with Crippen LogP contribution in [0.25, 0.3) is 0 Å². The molecule has 0 spiro atoms. The molecule has 0 saturated carbocycles. The first-order valence-electron chi connectivity index (χ1n) is 4.86. The van der Waals surface area contributed by atoms with Crippen molar-refractivity contribution in [2.45, 2.75) is 31.0 Å². The minimum absolute atomic E-state index is 0.295. The molecule has 1 heterocycles. The van der Waals surface area contributed by atoms with E-state index < -0.39 is 5.97 Å². The SMILES string of the molecule is CC(C)C(C)Sc1cc(C(=O)O)ccn1. The summed E-state index contributed by atoms with van der Waals surface area (Å²) in [5, 5.41) is 10.0. The second-order valence-corrected chi connectivity index (χ2v) is 5.15. The van der Waals surface area contributed by atoms with Gasteiger partial charge in [0.1, 0.15) is 0 Å². The zero-order chi connectivity index (χ0) is 11.4. The molecular weight excluding hydrogens is 210 g/mol. The van der Waals surface area contributed by atoms with E-state index in [2.05, 4.69) is 25.8 Å². The Morgan fingerprint density at radius 3 is 2.67 bits per heavy atom. The van der Waals surface area contributed by atoms with Gasteiger partial charge >= 0.3 is 5.97 Å². The van der Waals surface area contributed by atoms with E-state index in [9.17, 15) is 4.79 Å². The number of rotatable bonds is 4. The topological polar surface area (TPSA) is 50.2 Å². The van der Waals surface area contributed by atoms with Crippen LogP contribution in [0, 0.1) is 5.92 Å². The van der Waals surface area contributed by atoms with Crippen molar-refractivity contribution < 1.29 is 9.90 Å². The predicted molar refractivity (Wildman–Crippen MR) is 61.4 cm³/mol. The molecule has 1 unspecified atom stereocenters. The Balaban J connectivity index is 2.78. The van der Waals surface area contributed by atoms with Crippen LogP contribution in [-0.4, -0.2) is 21.3 Å². The molecule has 82 valence electrons. The average Bonchev–Trinajstić information content (AvgIpc) is 2.18. The van der Waals surface area contributed by atoms with Crippen LogP contribution in [-0.2, 0) is 0 Å². The fourth-order valence-electron chi connectivity index (χ4n) is 0.933. The predicted octanol–water partition coefficient (Wildman–Crippen LogP) is 2.92. The Bertz CT molecular complexity index is 352. The van der Waals surface area contributed by atoms with E-state index in [1.54, 1.807) is 24.0 Å². The molecule has 0 aliphatic carbocycles. The van der Waals surface area contributed by atoms with Crippen molar-refractivity contribution in [1.29, 1.82) is 0 Å². The summed E-state index contributed by atoms with van der Waals surface area (Å²) in [6.07, 6.45) is 1.54. The maximum absolute atomic E-state index is 10.7. The number of carboxylic acid groups (broad SMARTS) is 1. The second kappa shape index (κ2) is 5.16. The number of hydrogen-bond acceptors (Lipinski definition) is 3. The highest BCUT2D eigenvalue weighted by molar-refractivity contribution is 7.99. The molecule has 0 aliphatic rings. The number of carbonyl (C=O) groups is 1. The van der Waals surface area contributed by atoms with Gasteiger partial charge in [0, 0.05) is 11.4 Å². The van der Waals surface area contributed by atoms with E-state index >= 15 is 0 Å². The summed E-state index contributed by atoms with van der Waals surface area (Å²) >= 11 is 1.61. The molecule has 15 heavy (non-hydrogen) atoms. The van der Waals surface area contributed by atoms with Crippen LogP contribution >= 0.6 is 11.8 Å². The van der Waals surface area contributed by atoms with E-state index in [1.807, 2.05) is 0 Å². The van der Waals surface area contributed by atoms with Crippen LogP contribution in [0.5, 0.6) is 0 Å². The lowest BCUT2D eigenvalue weighted by atomic mass is 10.2. The van der Waals surface area contributed by atoms with Gasteiger partial charge in [-0.3, -0.25) is 0 Å². The van der Waals surface area contributed by atoms with Gasteiger partial charge in [0.25, 0.3) is 0 Å². The number of nitrogens with zero attached hydrogens (tertiary/aromatic N) is 1. The number of hydrogen-bond donors (Lipinski definition) is 1. The number of aromatic carboxylic acids is 1. The lowest BCUT2D eigenvalue weighted by molar-refractivity contribution is 0.0696. The maximum atomic E-state index is 10.7. The van der Waals surface area contributed by atoms with Gasteiger partial charge in [-0.1, -0.05) is 20.8 Å². The molecule has 3 nitrogen and oxygen atoms in total. The van der Waals surface area contributed by atoms with Crippen LogP contribution in [0.1, 0.15) is 31.1 Å². The summed E-state index contributed by atoms with van der Waals surface area (Å²) in [6.45, 7) is 6.39. The lowest BCUT2D eigenvalue weighted by Crippen LogP contribution is -2.06. The molecule has 1 rings (SSSR count). The van der Waals surface area contributed by atoms with Gasteiger partial charge in [-0.05, 0) is 18.1 Å². The fourth-order valence-corrected chi connectivity index (χ4v) is 1.90. The Kier molecular flexibility index (Phi) is 4.15. The van der Waals surface area contributed by atoms with Crippen molar-refractivity contribution in [2.24, 2.45) is 5.92 Å². The first-order valence-corrected chi connectivity index (χ1v) is 5.74. The van der Waals surface area contributed by atoms with Crippen molar-refractivity contribution in [3.8, 4) is 0 Å². The molecule has 4 heteroatoms. The van der Waals surface area contributed by atoms with Crippen molar-refractivity contribution >= 4 is 17.7 Å². The molecule has 1 atom stereocenters. The van der Waals surface area contributed by atoms with Gasteiger partial charge in [0.15, 0.2) is 0 Å². The summed E-state index contributed by atoms with van der Waals surface area (Å²) in [5.74, 6) is -0.360. The quantitative estimate of drug-likeness (QED) is 0.800. The van der Waals surface area contributed by atoms with E-state index in [0.29, 0.717) is 16.7 Å². The summed E-state index contributed by atoms with van der Waals surface area (Å²) in [6, 6.07) is 3.12. The summed E-state index contributed by atoms with van der Waals surface area (Å²) in [4.78, 5) is 14.9. The van der Waals surface area contributed by atoms with Crippen LogP contribution < -0.4 is 0 Å². The minimum Gasteiger partial charge on any atom is -0.478 e. The third-order valence-corrected chi connectivity index (χ3v) is 3.61. The maximum Gasteiger partial charge on any atom is 0.335 e. The molecule has 1 aromatic heterocycles. The molecule has 0 aromatic carbocycles. The first-order chi connectivity index (χ1) is 7.00. The molecule has 0 bridgehead atoms. The van der Waals surface area contributed by atoms with Gasteiger partial charge in [0.05, 0.1) is 10.6 Å². The first kappa shape index (κ1) is 12.0. The van der Waals surface area contributed by atoms with Crippen LogP contribution in [0.3, 0.4) is 0 Å². The summed E-state index contributed by atoms with van der Waals surface area (Å²) in [7, 11) is 0. The van der Waals surface area contributed by atoms with Gasteiger partial charge in [-0.2, -0.15) is 0 Å². The zero-order valence-corrected chi connectivity index (χ0v) is 9.91. The molecule has 0 amide bonds. The van der Waals surface area contributed by atoms with Crippen molar-refractivity contribution in [2.75, 3.05) is 0 Å². The van der Waals surface area contributed by atoms with Gasteiger partial charge in [-0.15, -0.1) is 11.8 Å². The summed E-state index contributed by atoms with van der Waals surface area (Å²) < 4.78 is 0. The van der Waals surface area contributed by atoms with Crippen LogP contribution in [0.15, 0.2) is 23.4 Å². The van der Waals surface area contributed by atoms with E-state index in [0.717, 1.165) is 5.03 Å². The number of carboxylic acids is 1. The van der Waals surface area contributed by atoms with Crippen molar-refractivity contribution in [3.05, 3.63) is 23.9 Å². The van der Waals surface area contributed by atoms with E-state index in [-0.39, 0.29) is 0 Å². The largest absolute Gasteiger partial charge is 0.478 e. The zero-order valence-electron chi connectivity index (χ0n) is 9.10. The molecule has 1 aromatic rings. The monoisotopic (exact) mass is 225 g/mol. The Morgan fingerprint density at radius 2 is 2.13 bits per heavy atom. The lowest BCUT2D eigenvalue weighted by Gasteiger charge is -2.14. The average molecular weight is 225 g/mol.